The van der Waals surface area contributed by atoms with Crippen molar-refractivity contribution in [1.82, 2.24) is 15.5 Å². The summed E-state index contributed by atoms with van der Waals surface area (Å²) >= 11 is 0. The third-order valence-electron chi connectivity index (χ3n) is 4.66. The van der Waals surface area contributed by atoms with E-state index in [9.17, 15) is 19.5 Å². The van der Waals surface area contributed by atoms with Crippen molar-refractivity contribution < 1.29 is 19.5 Å². The molecule has 0 aliphatic carbocycles. The summed E-state index contributed by atoms with van der Waals surface area (Å²) in [7, 11) is 0. The van der Waals surface area contributed by atoms with Crippen LogP contribution in [0.5, 0.6) is 0 Å². The van der Waals surface area contributed by atoms with Crippen LogP contribution in [-0.4, -0.2) is 53.0 Å². The minimum absolute atomic E-state index is 0.144. The number of likely N-dealkylation sites (tertiary alicyclic amines) is 1. The van der Waals surface area contributed by atoms with Crippen molar-refractivity contribution in [3.8, 4) is 0 Å². The number of carbonyl (C=O) groups is 3. The van der Waals surface area contributed by atoms with Gasteiger partial charge in [-0.3, -0.25) is 14.5 Å². The lowest BCUT2D eigenvalue weighted by atomic mass is 10.0. The molecule has 1 unspecified atom stereocenters. The smallest absolute Gasteiger partial charge is 0.326 e. The first-order valence-corrected chi connectivity index (χ1v) is 9.44. The highest BCUT2D eigenvalue weighted by atomic mass is 16.4. The van der Waals surface area contributed by atoms with Gasteiger partial charge in [0.25, 0.3) is 0 Å². The average molecular weight is 375 g/mol. The van der Waals surface area contributed by atoms with E-state index in [1.54, 1.807) is 0 Å². The highest BCUT2D eigenvalue weighted by Gasteiger charge is 2.31. The van der Waals surface area contributed by atoms with E-state index in [4.69, 9.17) is 0 Å². The zero-order chi connectivity index (χ0) is 19.8. The summed E-state index contributed by atoms with van der Waals surface area (Å²) in [5.74, 6) is -1.59. The highest BCUT2D eigenvalue weighted by Crippen LogP contribution is 2.20. The number of carboxylic acids is 1. The molecule has 0 radical (unpaired) electrons. The summed E-state index contributed by atoms with van der Waals surface area (Å²) in [6, 6.07) is 8.77. The minimum atomic E-state index is -1.06. The van der Waals surface area contributed by atoms with Crippen LogP contribution in [0.3, 0.4) is 0 Å². The van der Waals surface area contributed by atoms with Crippen LogP contribution < -0.4 is 10.6 Å². The van der Waals surface area contributed by atoms with Gasteiger partial charge in [0.05, 0.1) is 12.6 Å². The van der Waals surface area contributed by atoms with Gasteiger partial charge in [-0.05, 0) is 37.3 Å². The zero-order valence-electron chi connectivity index (χ0n) is 16.0. The number of carbonyl (C=O) groups excluding carboxylic acids is 2. The molecule has 3 N–H and O–H groups in total. The fourth-order valence-corrected chi connectivity index (χ4v) is 3.35. The lowest BCUT2D eigenvalue weighted by Crippen LogP contribution is -2.49. The maximum Gasteiger partial charge on any atom is 0.326 e. The molecule has 1 aliphatic heterocycles. The summed E-state index contributed by atoms with van der Waals surface area (Å²) in [6.07, 6.45) is 2.04. The Kier molecular flexibility index (Phi) is 7.79. The molecule has 1 saturated heterocycles. The van der Waals surface area contributed by atoms with Crippen LogP contribution in [0, 0.1) is 5.92 Å². The van der Waals surface area contributed by atoms with Crippen LogP contribution in [0.4, 0.5) is 0 Å². The van der Waals surface area contributed by atoms with Crippen LogP contribution in [0.2, 0.25) is 0 Å². The lowest BCUT2D eigenvalue weighted by molar-refractivity contribution is -0.142. The Morgan fingerprint density at radius 3 is 2.56 bits per heavy atom. The molecule has 0 spiro atoms. The second kappa shape index (κ2) is 10.1. The molecule has 2 rings (SSSR count). The Labute approximate surface area is 160 Å². The average Bonchev–Trinajstić information content (AvgIpc) is 3.07. The maximum absolute atomic E-state index is 12.5. The summed E-state index contributed by atoms with van der Waals surface area (Å²) in [6.45, 7) is 5.11. The van der Waals surface area contributed by atoms with E-state index in [1.165, 1.54) is 0 Å². The summed E-state index contributed by atoms with van der Waals surface area (Å²) in [5, 5.41) is 14.3. The largest absolute Gasteiger partial charge is 0.480 e. The Bertz CT molecular complexity index is 648. The van der Waals surface area contributed by atoms with Gasteiger partial charge < -0.3 is 15.7 Å². The van der Waals surface area contributed by atoms with E-state index in [1.807, 2.05) is 44.2 Å². The Morgan fingerprint density at radius 1 is 1.22 bits per heavy atom. The lowest BCUT2D eigenvalue weighted by Gasteiger charge is -2.24. The number of aliphatic carboxylic acids is 1. The van der Waals surface area contributed by atoms with E-state index in [0.717, 1.165) is 24.9 Å². The molecule has 0 aromatic heterocycles. The zero-order valence-corrected chi connectivity index (χ0v) is 16.0. The molecule has 27 heavy (non-hydrogen) atoms. The monoisotopic (exact) mass is 375 g/mol. The number of benzene rings is 1. The number of rotatable bonds is 9. The molecule has 0 bridgehead atoms. The van der Waals surface area contributed by atoms with Crippen molar-refractivity contribution in [2.45, 2.75) is 51.7 Å². The highest BCUT2D eigenvalue weighted by molar-refractivity contribution is 5.89. The molecule has 2 amide bonds. The standard InChI is InChI=1S/C20H29N3O4/c1-14(2)11-16(20(26)27)22-18(24)12-21-19(25)17-9-6-10-23(17)13-15-7-4-3-5-8-15/h3-5,7-8,14,16-17H,6,9-13H2,1-2H3,(H,21,25)(H,22,24)(H,26,27)/t16-,17?/m0/s1. The van der Waals surface area contributed by atoms with Gasteiger partial charge in [-0.25, -0.2) is 4.79 Å². The van der Waals surface area contributed by atoms with E-state index >= 15 is 0 Å². The maximum atomic E-state index is 12.5. The van der Waals surface area contributed by atoms with Crippen molar-refractivity contribution in [2.24, 2.45) is 5.92 Å². The second-order valence-electron chi connectivity index (χ2n) is 7.42. The molecule has 0 saturated carbocycles. The van der Waals surface area contributed by atoms with E-state index in [2.05, 4.69) is 15.5 Å². The molecular formula is C20H29N3O4. The van der Waals surface area contributed by atoms with Crippen LogP contribution in [0.1, 0.15) is 38.7 Å². The first kappa shape index (κ1) is 20.9. The second-order valence-corrected chi connectivity index (χ2v) is 7.42. The Morgan fingerprint density at radius 2 is 1.93 bits per heavy atom. The van der Waals surface area contributed by atoms with E-state index in [-0.39, 0.29) is 24.4 Å². The van der Waals surface area contributed by atoms with Gasteiger partial charge in [-0.15, -0.1) is 0 Å². The fourth-order valence-electron chi connectivity index (χ4n) is 3.35. The van der Waals surface area contributed by atoms with Gasteiger partial charge in [0.2, 0.25) is 11.8 Å². The van der Waals surface area contributed by atoms with Crippen LogP contribution >= 0.6 is 0 Å². The van der Waals surface area contributed by atoms with Crippen molar-refractivity contribution in [1.29, 1.82) is 0 Å². The van der Waals surface area contributed by atoms with E-state index < -0.39 is 17.9 Å². The molecule has 1 aromatic rings. The molecule has 7 nitrogen and oxygen atoms in total. The van der Waals surface area contributed by atoms with Gasteiger partial charge >= 0.3 is 5.97 Å². The molecule has 148 valence electrons. The van der Waals surface area contributed by atoms with E-state index in [0.29, 0.717) is 13.0 Å². The topological polar surface area (TPSA) is 98.7 Å². The first-order valence-electron chi connectivity index (χ1n) is 9.44. The molecule has 1 aromatic carbocycles. The number of hydrogen-bond donors (Lipinski definition) is 3. The number of nitrogens with one attached hydrogen (secondary N) is 2. The minimum Gasteiger partial charge on any atom is -0.480 e. The van der Waals surface area contributed by atoms with Crippen molar-refractivity contribution >= 4 is 17.8 Å². The number of nitrogens with zero attached hydrogens (tertiary/aromatic N) is 1. The van der Waals surface area contributed by atoms with Crippen molar-refractivity contribution in [2.75, 3.05) is 13.1 Å². The van der Waals surface area contributed by atoms with Crippen molar-refractivity contribution in [3.63, 3.8) is 0 Å². The van der Waals surface area contributed by atoms with Crippen LogP contribution in [0.25, 0.3) is 0 Å². The van der Waals surface area contributed by atoms with Crippen molar-refractivity contribution in [3.05, 3.63) is 35.9 Å². The SMILES string of the molecule is CC(C)C[C@H](NC(=O)CNC(=O)C1CCCN1Cc1ccccc1)C(=O)O. The van der Waals surface area contributed by atoms with Gasteiger partial charge in [-0.1, -0.05) is 44.2 Å². The predicted molar refractivity (Wildman–Crippen MR) is 102 cm³/mol. The normalized spacial score (nSPS) is 18.3. The first-order chi connectivity index (χ1) is 12.9. The summed E-state index contributed by atoms with van der Waals surface area (Å²) < 4.78 is 0. The van der Waals surface area contributed by atoms with Gasteiger partial charge in [0.1, 0.15) is 6.04 Å². The molecule has 1 heterocycles. The quantitative estimate of drug-likeness (QED) is 0.606. The molecule has 7 heteroatoms. The summed E-state index contributed by atoms with van der Waals surface area (Å²) in [4.78, 5) is 37.9. The molecule has 1 aliphatic rings. The number of hydrogen-bond acceptors (Lipinski definition) is 4. The molecule has 1 fully saturated rings. The Balaban J connectivity index is 1.83. The van der Waals surface area contributed by atoms with Crippen LogP contribution in [0.15, 0.2) is 30.3 Å². The Hall–Kier alpha value is -2.41. The predicted octanol–water partition coefficient (Wildman–Crippen LogP) is 1.38. The van der Waals surface area contributed by atoms with Gasteiger partial charge in [0.15, 0.2) is 0 Å². The molecule has 2 atom stereocenters. The fraction of sp³-hybridized carbons (Fsp3) is 0.550. The number of amides is 2. The van der Waals surface area contributed by atoms with Gasteiger partial charge in [0, 0.05) is 6.54 Å². The number of carboxylic acid groups (broad SMARTS) is 1. The third-order valence-corrected chi connectivity index (χ3v) is 4.66. The van der Waals surface area contributed by atoms with Gasteiger partial charge in [-0.2, -0.15) is 0 Å². The van der Waals surface area contributed by atoms with Crippen LogP contribution in [-0.2, 0) is 20.9 Å². The molecular weight excluding hydrogens is 346 g/mol. The summed E-state index contributed by atoms with van der Waals surface area (Å²) in [5.41, 5.74) is 1.15. The third kappa shape index (κ3) is 6.67.